The van der Waals surface area contributed by atoms with Crippen molar-refractivity contribution in [2.75, 3.05) is 32.8 Å². The molecule has 2 fully saturated rings. The Labute approximate surface area is 161 Å². The molecule has 4 rings (SSSR count). The van der Waals surface area contributed by atoms with E-state index in [2.05, 4.69) is 53.8 Å². The van der Waals surface area contributed by atoms with Crippen LogP contribution in [0.1, 0.15) is 24.8 Å². The van der Waals surface area contributed by atoms with Gasteiger partial charge in [-0.15, -0.1) is 0 Å². The Kier molecular flexibility index (Phi) is 5.55. The number of rotatable bonds is 4. The van der Waals surface area contributed by atoms with Crippen LogP contribution in [0.2, 0.25) is 0 Å². The third kappa shape index (κ3) is 4.07. The lowest BCUT2D eigenvalue weighted by atomic mass is 9.81. The molecule has 2 aromatic carbocycles. The van der Waals surface area contributed by atoms with E-state index in [9.17, 15) is 4.79 Å². The van der Waals surface area contributed by atoms with Crippen LogP contribution in [0.3, 0.4) is 0 Å². The fraction of sp³-hybridized carbons (Fsp3) is 0.435. The summed E-state index contributed by atoms with van der Waals surface area (Å²) in [4.78, 5) is 15.4. The van der Waals surface area contributed by atoms with Gasteiger partial charge in [-0.1, -0.05) is 54.6 Å². The normalized spacial score (nSPS) is 23.2. The molecule has 1 atom stereocenters. The third-order valence-corrected chi connectivity index (χ3v) is 5.74. The monoisotopic (exact) mass is 364 g/mol. The molecule has 2 aromatic rings. The minimum atomic E-state index is -0.481. The highest BCUT2D eigenvalue weighted by Crippen LogP contribution is 2.29. The summed E-state index contributed by atoms with van der Waals surface area (Å²) in [5.74, 6) is 0.246. The van der Waals surface area contributed by atoms with Crippen molar-refractivity contribution >= 4 is 5.91 Å². The average molecular weight is 364 g/mol. The molecule has 0 saturated carbocycles. The van der Waals surface area contributed by atoms with Crippen LogP contribution in [0.4, 0.5) is 0 Å². The van der Waals surface area contributed by atoms with Crippen molar-refractivity contribution in [3.63, 3.8) is 0 Å². The first-order valence-corrected chi connectivity index (χ1v) is 10.0. The van der Waals surface area contributed by atoms with Crippen molar-refractivity contribution in [1.82, 2.24) is 10.2 Å². The van der Waals surface area contributed by atoms with Crippen molar-refractivity contribution in [1.29, 1.82) is 0 Å². The highest BCUT2D eigenvalue weighted by Gasteiger charge is 2.42. The van der Waals surface area contributed by atoms with Crippen LogP contribution in [0.25, 0.3) is 11.1 Å². The van der Waals surface area contributed by atoms with E-state index in [4.69, 9.17) is 4.74 Å². The number of piperidine rings is 1. The lowest BCUT2D eigenvalue weighted by Crippen LogP contribution is -2.62. The van der Waals surface area contributed by atoms with E-state index in [0.717, 1.165) is 32.2 Å². The van der Waals surface area contributed by atoms with Gasteiger partial charge in [-0.2, -0.15) is 0 Å². The van der Waals surface area contributed by atoms with Crippen molar-refractivity contribution in [2.24, 2.45) is 0 Å². The number of nitrogens with zero attached hydrogens (tertiary/aromatic N) is 1. The quantitative estimate of drug-likeness (QED) is 0.905. The first-order valence-electron chi connectivity index (χ1n) is 10.0. The number of morpholine rings is 1. The summed E-state index contributed by atoms with van der Waals surface area (Å²) in [6, 6.07) is 19.1. The second-order valence-electron chi connectivity index (χ2n) is 7.61. The van der Waals surface area contributed by atoms with E-state index in [1.807, 2.05) is 11.0 Å². The molecule has 4 nitrogen and oxygen atoms in total. The number of nitrogens with one attached hydrogen (secondary N) is 1. The molecule has 1 unspecified atom stereocenters. The van der Waals surface area contributed by atoms with Crippen molar-refractivity contribution in [3.05, 3.63) is 60.2 Å². The zero-order valence-corrected chi connectivity index (χ0v) is 15.8. The number of amides is 1. The zero-order chi connectivity index (χ0) is 18.5. The van der Waals surface area contributed by atoms with E-state index in [0.29, 0.717) is 26.3 Å². The van der Waals surface area contributed by atoms with Gasteiger partial charge in [0.15, 0.2) is 0 Å². The second kappa shape index (κ2) is 8.24. The first-order chi connectivity index (χ1) is 13.3. The maximum Gasteiger partial charge on any atom is 0.243 e. The van der Waals surface area contributed by atoms with Crippen LogP contribution >= 0.6 is 0 Å². The molecule has 4 heteroatoms. The van der Waals surface area contributed by atoms with Crippen LogP contribution in [0.5, 0.6) is 0 Å². The predicted octanol–water partition coefficient (Wildman–Crippen LogP) is 3.27. The Morgan fingerprint density at radius 2 is 1.78 bits per heavy atom. The van der Waals surface area contributed by atoms with Crippen LogP contribution in [0, 0.1) is 0 Å². The van der Waals surface area contributed by atoms with Gasteiger partial charge in [-0.25, -0.2) is 0 Å². The highest BCUT2D eigenvalue weighted by atomic mass is 16.5. The van der Waals surface area contributed by atoms with E-state index >= 15 is 0 Å². The summed E-state index contributed by atoms with van der Waals surface area (Å²) in [6.45, 7) is 3.60. The molecular weight excluding hydrogens is 336 g/mol. The van der Waals surface area contributed by atoms with Gasteiger partial charge >= 0.3 is 0 Å². The molecule has 2 heterocycles. The lowest BCUT2D eigenvalue weighted by Gasteiger charge is -2.42. The van der Waals surface area contributed by atoms with E-state index < -0.39 is 5.54 Å². The topological polar surface area (TPSA) is 41.6 Å². The van der Waals surface area contributed by atoms with Crippen LogP contribution < -0.4 is 5.32 Å². The van der Waals surface area contributed by atoms with E-state index in [1.165, 1.54) is 16.7 Å². The van der Waals surface area contributed by atoms with Crippen LogP contribution in [0.15, 0.2) is 54.6 Å². The smallest absolute Gasteiger partial charge is 0.243 e. The number of carbonyl (C=O) groups excluding carboxylic acids is 1. The van der Waals surface area contributed by atoms with Crippen LogP contribution in [-0.4, -0.2) is 49.2 Å². The number of carbonyl (C=O) groups is 1. The molecule has 0 aliphatic carbocycles. The summed E-state index contributed by atoms with van der Waals surface area (Å²) in [7, 11) is 0. The fourth-order valence-electron chi connectivity index (χ4n) is 4.29. The number of hydrogen-bond donors (Lipinski definition) is 1. The maximum atomic E-state index is 13.4. The Balaban J connectivity index is 1.59. The van der Waals surface area contributed by atoms with Gasteiger partial charge < -0.3 is 15.0 Å². The SMILES string of the molecule is O=C(N1CCOCC1)C1(Cc2cccc(-c3ccccc3)c2)CCCCN1. The molecule has 1 amide bonds. The number of hydrogen-bond acceptors (Lipinski definition) is 3. The molecule has 0 bridgehead atoms. The van der Waals surface area contributed by atoms with Gasteiger partial charge in [0, 0.05) is 13.1 Å². The van der Waals surface area contributed by atoms with E-state index in [-0.39, 0.29) is 5.91 Å². The molecule has 2 aliphatic rings. The molecule has 0 aromatic heterocycles. The van der Waals surface area contributed by atoms with Gasteiger partial charge in [0.25, 0.3) is 0 Å². The number of ether oxygens (including phenoxy) is 1. The summed E-state index contributed by atoms with van der Waals surface area (Å²) in [6.07, 6.45) is 3.88. The highest BCUT2D eigenvalue weighted by molar-refractivity contribution is 5.87. The summed E-state index contributed by atoms with van der Waals surface area (Å²) in [5.41, 5.74) is 3.15. The summed E-state index contributed by atoms with van der Waals surface area (Å²) >= 11 is 0. The van der Waals surface area contributed by atoms with Crippen LogP contribution in [-0.2, 0) is 16.0 Å². The van der Waals surface area contributed by atoms with Crippen molar-refractivity contribution in [2.45, 2.75) is 31.2 Å². The minimum absolute atomic E-state index is 0.246. The molecule has 2 aliphatic heterocycles. The van der Waals surface area contributed by atoms with Gasteiger partial charge in [-0.3, -0.25) is 4.79 Å². The molecule has 1 N–H and O–H groups in total. The largest absolute Gasteiger partial charge is 0.378 e. The molecule has 0 spiro atoms. The Morgan fingerprint density at radius 3 is 2.52 bits per heavy atom. The zero-order valence-electron chi connectivity index (χ0n) is 15.8. The summed E-state index contributed by atoms with van der Waals surface area (Å²) < 4.78 is 5.44. The van der Waals surface area contributed by atoms with Gasteiger partial charge in [0.1, 0.15) is 5.54 Å². The van der Waals surface area contributed by atoms with Crippen molar-refractivity contribution in [3.8, 4) is 11.1 Å². The van der Waals surface area contributed by atoms with E-state index in [1.54, 1.807) is 0 Å². The van der Waals surface area contributed by atoms with Crippen molar-refractivity contribution < 1.29 is 9.53 Å². The number of benzene rings is 2. The molecular formula is C23H28N2O2. The second-order valence-corrected chi connectivity index (χ2v) is 7.61. The Bertz CT molecular complexity index is 763. The average Bonchev–Trinajstić information content (AvgIpc) is 2.75. The maximum absolute atomic E-state index is 13.4. The third-order valence-electron chi connectivity index (χ3n) is 5.74. The predicted molar refractivity (Wildman–Crippen MR) is 108 cm³/mol. The standard InChI is InChI=1S/C23H28N2O2/c26-22(25-13-15-27-16-14-25)23(11-4-5-12-24-23)18-19-7-6-10-21(17-19)20-8-2-1-3-9-20/h1-3,6-10,17,24H,4-5,11-16,18H2. The lowest BCUT2D eigenvalue weighted by molar-refractivity contribution is -0.143. The molecule has 142 valence electrons. The minimum Gasteiger partial charge on any atom is -0.378 e. The summed E-state index contributed by atoms with van der Waals surface area (Å²) in [5, 5.41) is 3.61. The molecule has 27 heavy (non-hydrogen) atoms. The first kappa shape index (κ1) is 18.2. The van der Waals surface area contributed by atoms with Gasteiger partial charge in [0.05, 0.1) is 13.2 Å². The fourth-order valence-corrected chi connectivity index (χ4v) is 4.29. The molecule has 0 radical (unpaired) electrons. The van der Waals surface area contributed by atoms with Gasteiger partial charge in [0.2, 0.25) is 5.91 Å². The Morgan fingerprint density at radius 1 is 1.00 bits per heavy atom. The molecule has 2 saturated heterocycles. The van der Waals surface area contributed by atoms with Gasteiger partial charge in [-0.05, 0) is 48.9 Å². The Hall–Kier alpha value is -2.17.